The minimum Gasteiger partial charge on any atom is -0.310 e. The van der Waals surface area contributed by atoms with E-state index >= 15 is 0 Å². The molecule has 17 heavy (non-hydrogen) atoms. The second-order valence-corrected chi connectivity index (χ2v) is 6.18. The van der Waals surface area contributed by atoms with E-state index in [0.29, 0.717) is 17.7 Å². The SMILES string of the molecule is CC(C)C(=O)CC1CCN(C)CC1NC1CC1. The molecule has 2 rings (SSSR count). The highest BCUT2D eigenvalue weighted by Crippen LogP contribution is 2.27. The third-order valence-corrected chi connectivity index (χ3v) is 4.09. The second kappa shape index (κ2) is 5.49. The quantitative estimate of drug-likeness (QED) is 0.791. The van der Waals surface area contributed by atoms with Crippen molar-refractivity contribution in [1.82, 2.24) is 10.2 Å². The molecule has 0 spiro atoms. The van der Waals surface area contributed by atoms with Gasteiger partial charge < -0.3 is 10.2 Å². The fourth-order valence-electron chi connectivity index (χ4n) is 2.64. The molecule has 2 unspecified atom stereocenters. The molecule has 1 aliphatic carbocycles. The maximum Gasteiger partial charge on any atom is 0.135 e. The topological polar surface area (TPSA) is 32.3 Å². The highest BCUT2D eigenvalue weighted by molar-refractivity contribution is 5.80. The fourth-order valence-corrected chi connectivity index (χ4v) is 2.64. The van der Waals surface area contributed by atoms with Crippen LogP contribution in [0, 0.1) is 11.8 Å². The third kappa shape index (κ3) is 3.78. The summed E-state index contributed by atoms with van der Waals surface area (Å²) >= 11 is 0. The van der Waals surface area contributed by atoms with Crippen molar-refractivity contribution in [1.29, 1.82) is 0 Å². The molecule has 0 amide bonds. The van der Waals surface area contributed by atoms with Crippen molar-refractivity contribution in [3.05, 3.63) is 0 Å². The Morgan fingerprint density at radius 3 is 2.65 bits per heavy atom. The van der Waals surface area contributed by atoms with Gasteiger partial charge in [-0.25, -0.2) is 0 Å². The number of rotatable bonds is 5. The van der Waals surface area contributed by atoms with Gasteiger partial charge in [0.1, 0.15) is 5.78 Å². The van der Waals surface area contributed by atoms with Crippen molar-refractivity contribution < 1.29 is 4.79 Å². The standard InChI is InChI=1S/C14H26N2O/c1-10(2)14(17)8-11-6-7-16(3)9-13(11)15-12-4-5-12/h10-13,15H,4-9H2,1-3H3. The molecule has 0 aromatic heterocycles. The molecular formula is C14H26N2O. The highest BCUT2D eigenvalue weighted by Gasteiger charge is 2.33. The fraction of sp³-hybridized carbons (Fsp3) is 0.929. The molecule has 3 nitrogen and oxygen atoms in total. The Kier molecular flexibility index (Phi) is 4.21. The Balaban J connectivity index is 1.89. The molecule has 1 aliphatic heterocycles. The van der Waals surface area contributed by atoms with Gasteiger partial charge in [0.05, 0.1) is 0 Å². The van der Waals surface area contributed by atoms with E-state index < -0.39 is 0 Å². The van der Waals surface area contributed by atoms with E-state index in [1.807, 2.05) is 13.8 Å². The maximum atomic E-state index is 11.9. The highest BCUT2D eigenvalue weighted by atomic mass is 16.1. The number of Topliss-reactive ketones (excluding diaryl/α,β-unsaturated/α-hetero) is 1. The molecule has 98 valence electrons. The number of hydrogen-bond acceptors (Lipinski definition) is 3. The van der Waals surface area contributed by atoms with Gasteiger partial charge in [0.15, 0.2) is 0 Å². The van der Waals surface area contributed by atoms with E-state index in [-0.39, 0.29) is 5.92 Å². The molecule has 1 heterocycles. The van der Waals surface area contributed by atoms with Gasteiger partial charge in [-0.3, -0.25) is 4.79 Å². The van der Waals surface area contributed by atoms with Crippen LogP contribution >= 0.6 is 0 Å². The van der Waals surface area contributed by atoms with Crippen LogP contribution in [0.4, 0.5) is 0 Å². The van der Waals surface area contributed by atoms with E-state index in [1.54, 1.807) is 0 Å². The molecule has 2 fully saturated rings. The molecule has 1 saturated heterocycles. The average molecular weight is 238 g/mol. The minimum absolute atomic E-state index is 0.191. The van der Waals surface area contributed by atoms with Crippen LogP contribution in [-0.4, -0.2) is 42.9 Å². The first kappa shape index (κ1) is 13.0. The van der Waals surface area contributed by atoms with Crippen molar-refractivity contribution in [2.24, 2.45) is 11.8 Å². The van der Waals surface area contributed by atoms with E-state index in [4.69, 9.17) is 0 Å². The summed E-state index contributed by atoms with van der Waals surface area (Å²) in [5.74, 6) is 1.18. The summed E-state index contributed by atoms with van der Waals surface area (Å²) in [5.41, 5.74) is 0. The van der Waals surface area contributed by atoms with Crippen molar-refractivity contribution in [2.45, 2.75) is 51.6 Å². The van der Waals surface area contributed by atoms with Gasteiger partial charge in [-0.05, 0) is 38.8 Å². The number of hydrogen-bond donors (Lipinski definition) is 1. The molecule has 1 saturated carbocycles. The number of piperidine rings is 1. The monoisotopic (exact) mass is 238 g/mol. The summed E-state index contributed by atoms with van der Waals surface area (Å²) in [5, 5.41) is 3.72. The Hall–Kier alpha value is -0.410. The van der Waals surface area contributed by atoms with Crippen LogP contribution in [0.2, 0.25) is 0 Å². The van der Waals surface area contributed by atoms with Crippen LogP contribution in [0.1, 0.15) is 39.5 Å². The second-order valence-electron chi connectivity index (χ2n) is 6.18. The largest absolute Gasteiger partial charge is 0.310 e. The predicted molar refractivity (Wildman–Crippen MR) is 70.0 cm³/mol. The van der Waals surface area contributed by atoms with Gasteiger partial charge in [-0.1, -0.05) is 13.8 Å². The van der Waals surface area contributed by atoms with Gasteiger partial charge in [0.2, 0.25) is 0 Å². The Morgan fingerprint density at radius 2 is 2.06 bits per heavy atom. The van der Waals surface area contributed by atoms with E-state index in [1.165, 1.54) is 19.3 Å². The lowest BCUT2D eigenvalue weighted by molar-refractivity contribution is -0.123. The predicted octanol–water partition coefficient (Wildman–Crippen LogP) is 1.67. The maximum absolute atomic E-state index is 11.9. The third-order valence-electron chi connectivity index (χ3n) is 4.09. The van der Waals surface area contributed by atoms with Crippen molar-refractivity contribution in [3.8, 4) is 0 Å². The minimum atomic E-state index is 0.191. The molecule has 0 bridgehead atoms. The van der Waals surface area contributed by atoms with E-state index in [0.717, 1.165) is 25.6 Å². The first-order valence-corrected chi connectivity index (χ1v) is 7.03. The van der Waals surface area contributed by atoms with Gasteiger partial charge in [-0.2, -0.15) is 0 Å². The summed E-state index contributed by atoms with van der Waals surface area (Å²) in [6.07, 6.45) is 4.59. The van der Waals surface area contributed by atoms with Gasteiger partial charge in [-0.15, -0.1) is 0 Å². The summed E-state index contributed by atoms with van der Waals surface area (Å²) in [7, 11) is 2.18. The Morgan fingerprint density at radius 1 is 1.35 bits per heavy atom. The van der Waals surface area contributed by atoms with Gasteiger partial charge in [0.25, 0.3) is 0 Å². The normalized spacial score (nSPS) is 30.8. The first-order valence-electron chi connectivity index (χ1n) is 7.03. The van der Waals surface area contributed by atoms with E-state index in [2.05, 4.69) is 17.3 Å². The van der Waals surface area contributed by atoms with Crippen LogP contribution in [0.25, 0.3) is 0 Å². The Bertz CT molecular complexity index is 271. The molecule has 0 radical (unpaired) electrons. The lowest BCUT2D eigenvalue weighted by atomic mass is 9.85. The zero-order chi connectivity index (χ0) is 12.4. The van der Waals surface area contributed by atoms with Crippen LogP contribution in [0.15, 0.2) is 0 Å². The molecule has 1 N–H and O–H groups in total. The molecule has 0 aromatic carbocycles. The van der Waals surface area contributed by atoms with Crippen LogP contribution in [0.5, 0.6) is 0 Å². The summed E-state index contributed by atoms with van der Waals surface area (Å²) in [4.78, 5) is 14.3. The summed E-state index contributed by atoms with van der Waals surface area (Å²) in [6, 6.07) is 1.27. The smallest absolute Gasteiger partial charge is 0.135 e. The van der Waals surface area contributed by atoms with E-state index in [9.17, 15) is 4.79 Å². The Labute approximate surface area is 105 Å². The number of nitrogens with zero attached hydrogens (tertiary/aromatic N) is 1. The molecule has 3 heteroatoms. The van der Waals surface area contributed by atoms with Crippen LogP contribution in [-0.2, 0) is 4.79 Å². The van der Waals surface area contributed by atoms with Gasteiger partial charge in [0, 0.05) is 31.0 Å². The number of ketones is 1. The molecule has 0 aromatic rings. The zero-order valence-corrected chi connectivity index (χ0v) is 11.4. The lowest BCUT2D eigenvalue weighted by Gasteiger charge is -2.37. The van der Waals surface area contributed by atoms with Gasteiger partial charge >= 0.3 is 0 Å². The average Bonchev–Trinajstić information content (AvgIpc) is 3.05. The number of likely N-dealkylation sites (tertiary alicyclic amines) is 1. The zero-order valence-electron chi connectivity index (χ0n) is 11.4. The number of carbonyl (C=O) groups is 1. The molecule has 2 aliphatic rings. The number of carbonyl (C=O) groups excluding carboxylic acids is 1. The van der Waals surface area contributed by atoms with Crippen LogP contribution in [0.3, 0.4) is 0 Å². The molecule has 2 atom stereocenters. The van der Waals surface area contributed by atoms with Crippen molar-refractivity contribution in [2.75, 3.05) is 20.1 Å². The van der Waals surface area contributed by atoms with Crippen molar-refractivity contribution in [3.63, 3.8) is 0 Å². The first-order chi connectivity index (χ1) is 8.06. The summed E-state index contributed by atoms with van der Waals surface area (Å²) < 4.78 is 0. The summed E-state index contributed by atoms with van der Waals surface area (Å²) in [6.45, 7) is 6.27. The lowest BCUT2D eigenvalue weighted by Crippen LogP contribution is -2.51. The van der Waals surface area contributed by atoms with Crippen molar-refractivity contribution >= 4 is 5.78 Å². The molecular weight excluding hydrogens is 212 g/mol. The number of nitrogens with one attached hydrogen (secondary N) is 1. The number of likely N-dealkylation sites (N-methyl/N-ethyl adjacent to an activating group) is 1. The van der Waals surface area contributed by atoms with Crippen LogP contribution < -0.4 is 5.32 Å².